The van der Waals surface area contributed by atoms with Crippen LogP contribution in [0.1, 0.15) is 21.8 Å². The lowest BCUT2D eigenvalue weighted by Gasteiger charge is -2.06. The second-order valence-corrected chi connectivity index (χ2v) is 5.31. The highest BCUT2D eigenvalue weighted by atomic mass is 32.2. The van der Waals surface area contributed by atoms with Crippen LogP contribution in [0.4, 0.5) is 4.39 Å². The summed E-state index contributed by atoms with van der Waals surface area (Å²) in [7, 11) is -4.27. The Hall–Kier alpha value is -2.02. The second-order valence-electron chi connectivity index (χ2n) is 3.39. The molecule has 18 heavy (non-hydrogen) atoms. The van der Waals surface area contributed by atoms with Crippen LogP contribution in [0.25, 0.3) is 0 Å². The molecule has 0 spiro atoms. The van der Waals surface area contributed by atoms with Gasteiger partial charge in [-0.2, -0.15) is 0 Å². The van der Waals surface area contributed by atoms with E-state index in [1.54, 1.807) is 0 Å². The monoisotopic (exact) mass is 269 g/mol. The first-order valence-corrected chi connectivity index (χ1v) is 6.44. The maximum absolute atomic E-state index is 13.9. The highest BCUT2D eigenvalue weighted by Crippen LogP contribution is 2.29. The number of hydrogen-bond donors (Lipinski definition) is 0. The van der Waals surface area contributed by atoms with Crippen molar-refractivity contribution in [1.29, 1.82) is 0 Å². The molecule has 0 aliphatic carbocycles. The molecule has 0 N–H and O–H groups in total. The molecule has 0 radical (unpaired) electrons. The van der Waals surface area contributed by atoms with Gasteiger partial charge in [-0.25, -0.2) is 17.8 Å². The van der Waals surface area contributed by atoms with Gasteiger partial charge in [0.15, 0.2) is 22.8 Å². The number of furan rings is 1. The third kappa shape index (κ3) is 2.17. The zero-order valence-corrected chi connectivity index (χ0v) is 9.80. The van der Waals surface area contributed by atoms with E-state index in [0.717, 1.165) is 6.07 Å². The van der Waals surface area contributed by atoms with Gasteiger partial charge in [-0.15, -0.1) is 0 Å². The van der Waals surface area contributed by atoms with Gasteiger partial charge in [0.2, 0.25) is 9.84 Å². The van der Waals surface area contributed by atoms with E-state index < -0.39 is 21.1 Å². The van der Waals surface area contributed by atoms with Gasteiger partial charge in [-0.3, -0.25) is 4.79 Å². The number of rotatable bonds is 4. The number of sulfone groups is 1. The molecule has 0 bridgehead atoms. The Labute approximate surface area is 102 Å². The molecule has 2 aromatic heterocycles. The number of carbonyl (C=O) groups excluding carboxylic acids is 1. The van der Waals surface area contributed by atoms with E-state index >= 15 is 0 Å². The minimum atomic E-state index is -4.27. The lowest BCUT2D eigenvalue weighted by atomic mass is 10.4. The number of halogens is 1. The molecule has 7 heteroatoms. The molecule has 1 unspecified atom stereocenters. The van der Waals surface area contributed by atoms with E-state index in [-0.39, 0.29) is 10.8 Å². The molecule has 0 amide bonds. The van der Waals surface area contributed by atoms with Crippen molar-refractivity contribution in [2.45, 2.75) is 10.5 Å². The Kier molecular flexibility index (Phi) is 3.24. The van der Waals surface area contributed by atoms with Crippen LogP contribution in [0.3, 0.4) is 0 Å². The Morgan fingerprint density at radius 2 is 2.06 bits per heavy atom. The first kappa shape index (κ1) is 12.4. The van der Waals surface area contributed by atoms with Crippen molar-refractivity contribution in [2.24, 2.45) is 0 Å². The third-order valence-electron chi connectivity index (χ3n) is 2.19. The third-order valence-corrected chi connectivity index (χ3v) is 3.79. The Morgan fingerprint density at radius 1 is 1.28 bits per heavy atom. The molecule has 5 nitrogen and oxygen atoms in total. The van der Waals surface area contributed by atoms with Gasteiger partial charge in [0, 0.05) is 6.20 Å². The van der Waals surface area contributed by atoms with Gasteiger partial charge in [0.05, 0.1) is 0 Å². The number of aromatic nitrogens is 1. The fourth-order valence-corrected chi connectivity index (χ4v) is 2.45. The van der Waals surface area contributed by atoms with Crippen LogP contribution in [-0.4, -0.2) is 19.7 Å². The van der Waals surface area contributed by atoms with Crippen LogP contribution in [0, 0.1) is 0 Å². The summed E-state index contributed by atoms with van der Waals surface area (Å²) in [5, 5.41) is -0.387. The molecule has 2 heterocycles. The Balaban J connectivity index is 2.39. The molecule has 2 rings (SSSR count). The minimum absolute atomic E-state index is 0.135. The van der Waals surface area contributed by atoms with Gasteiger partial charge in [0.25, 0.3) is 5.50 Å². The summed E-state index contributed by atoms with van der Waals surface area (Å²) in [6.45, 7) is 0. The van der Waals surface area contributed by atoms with Crippen molar-refractivity contribution in [1.82, 2.24) is 4.98 Å². The molecule has 0 aliphatic rings. The SMILES string of the molecule is O=Cc1ccc(C(F)S(=O)(=O)c2ccccn2)o1. The van der Waals surface area contributed by atoms with Crippen molar-refractivity contribution in [3.05, 3.63) is 48.0 Å². The van der Waals surface area contributed by atoms with Crippen molar-refractivity contribution in [2.75, 3.05) is 0 Å². The molecule has 0 saturated heterocycles. The molecule has 1 atom stereocenters. The van der Waals surface area contributed by atoms with E-state index in [0.29, 0.717) is 6.29 Å². The van der Waals surface area contributed by atoms with Gasteiger partial charge >= 0.3 is 0 Å². The highest BCUT2D eigenvalue weighted by molar-refractivity contribution is 7.91. The zero-order chi connectivity index (χ0) is 13.2. The fourth-order valence-electron chi connectivity index (χ4n) is 1.33. The summed E-state index contributed by atoms with van der Waals surface area (Å²) in [6.07, 6.45) is 1.61. The standard InChI is InChI=1S/C11H8FNO4S/c12-11(9-5-4-8(7-14)17-9)18(15,16)10-3-1-2-6-13-10/h1-7,11H. The fraction of sp³-hybridized carbons (Fsp3) is 0.0909. The molecule has 2 aromatic rings. The van der Waals surface area contributed by atoms with Crippen molar-refractivity contribution in [3.8, 4) is 0 Å². The van der Waals surface area contributed by atoms with Crippen LogP contribution in [0.15, 0.2) is 46.0 Å². The lowest BCUT2D eigenvalue weighted by Crippen LogP contribution is -2.10. The summed E-state index contributed by atoms with van der Waals surface area (Å²) in [6, 6.07) is 6.44. The molecule has 0 aliphatic heterocycles. The number of nitrogens with zero attached hydrogens (tertiary/aromatic N) is 1. The molecule has 0 saturated carbocycles. The topological polar surface area (TPSA) is 77.2 Å². The van der Waals surface area contributed by atoms with E-state index in [2.05, 4.69) is 4.98 Å². The van der Waals surface area contributed by atoms with Crippen LogP contribution in [0.2, 0.25) is 0 Å². The predicted molar refractivity (Wildman–Crippen MR) is 59.4 cm³/mol. The van der Waals surface area contributed by atoms with Crippen molar-refractivity contribution < 1.29 is 22.0 Å². The maximum Gasteiger partial charge on any atom is 0.263 e. The van der Waals surface area contributed by atoms with E-state index in [4.69, 9.17) is 4.42 Å². The number of alkyl halides is 1. The number of pyridine rings is 1. The summed E-state index contributed by atoms with van der Waals surface area (Å²) in [4.78, 5) is 14.0. The van der Waals surface area contributed by atoms with Crippen LogP contribution >= 0.6 is 0 Å². The molecule has 94 valence electrons. The van der Waals surface area contributed by atoms with Gasteiger partial charge in [-0.05, 0) is 24.3 Å². The smallest absolute Gasteiger partial charge is 0.263 e. The summed E-state index contributed by atoms with van der Waals surface area (Å²) >= 11 is 0. The molecular weight excluding hydrogens is 261 g/mol. The first-order valence-electron chi connectivity index (χ1n) is 4.89. The summed E-state index contributed by atoms with van der Waals surface area (Å²) < 4.78 is 42.4. The highest BCUT2D eigenvalue weighted by Gasteiger charge is 2.32. The van der Waals surface area contributed by atoms with Gasteiger partial charge in [-0.1, -0.05) is 6.07 Å². The lowest BCUT2D eigenvalue weighted by molar-refractivity contribution is 0.109. The Bertz CT molecular complexity index is 651. The van der Waals surface area contributed by atoms with Gasteiger partial charge < -0.3 is 4.42 Å². The van der Waals surface area contributed by atoms with Crippen LogP contribution in [0.5, 0.6) is 0 Å². The molecule has 0 aromatic carbocycles. The van der Waals surface area contributed by atoms with E-state index in [9.17, 15) is 17.6 Å². The average molecular weight is 269 g/mol. The van der Waals surface area contributed by atoms with Gasteiger partial charge in [0.1, 0.15) is 0 Å². The first-order chi connectivity index (χ1) is 8.55. The zero-order valence-electron chi connectivity index (χ0n) is 8.99. The second kappa shape index (κ2) is 4.69. The van der Waals surface area contributed by atoms with Crippen LogP contribution < -0.4 is 0 Å². The van der Waals surface area contributed by atoms with Crippen molar-refractivity contribution in [3.63, 3.8) is 0 Å². The Morgan fingerprint density at radius 3 is 2.61 bits per heavy atom. The quantitative estimate of drug-likeness (QED) is 0.792. The van der Waals surface area contributed by atoms with Crippen molar-refractivity contribution >= 4 is 16.1 Å². The average Bonchev–Trinajstić information content (AvgIpc) is 2.87. The summed E-state index contributed by atoms with van der Waals surface area (Å²) in [5.41, 5.74) is -2.39. The summed E-state index contributed by atoms with van der Waals surface area (Å²) in [5.74, 6) is -0.577. The number of aldehydes is 1. The maximum atomic E-state index is 13.9. The minimum Gasteiger partial charge on any atom is -0.454 e. The van der Waals surface area contributed by atoms with E-state index in [1.165, 1.54) is 30.5 Å². The molecular formula is C11H8FNO4S. The number of carbonyl (C=O) groups is 1. The van der Waals surface area contributed by atoms with Crippen LogP contribution in [-0.2, 0) is 9.84 Å². The van der Waals surface area contributed by atoms with E-state index in [1.807, 2.05) is 0 Å². The largest absolute Gasteiger partial charge is 0.454 e. The molecule has 0 fully saturated rings. The predicted octanol–water partition coefficient (Wildman–Crippen LogP) is 1.93. The normalized spacial score (nSPS) is 13.2. The number of hydrogen-bond acceptors (Lipinski definition) is 5.